The van der Waals surface area contributed by atoms with Crippen molar-refractivity contribution in [3.63, 3.8) is 0 Å². The highest BCUT2D eigenvalue weighted by atomic mass is 79.9. The standard InChI is InChI=1S/C21H16BrN3O3S/c22-16-8-2-4-10-18(16)23-19(26)13-29-21-24-17-9-3-1-7-15(17)20(27)25(21)12-14-6-5-11-28-14/h1-11H,12-13H2,(H,23,26). The summed E-state index contributed by atoms with van der Waals surface area (Å²) >= 11 is 4.63. The molecule has 0 atom stereocenters. The third kappa shape index (κ3) is 4.44. The Morgan fingerprint density at radius 3 is 2.69 bits per heavy atom. The van der Waals surface area contributed by atoms with Crippen molar-refractivity contribution in [3.05, 3.63) is 87.5 Å². The maximum absolute atomic E-state index is 13.0. The molecule has 1 N–H and O–H groups in total. The van der Waals surface area contributed by atoms with Gasteiger partial charge in [0, 0.05) is 4.47 Å². The fraction of sp³-hybridized carbons (Fsp3) is 0.0952. The van der Waals surface area contributed by atoms with Crippen LogP contribution in [0.15, 0.2) is 85.8 Å². The van der Waals surface area contributed by atoms with E-state index in [1.165, 1.54) is 16.3 Å². The minimum absolute atomic E-state index is 0.115. The van der Waals surface area contributed by atoms with Gasteiger partial charge in [-0.15, -0.1) is 0 Å². The zero-order valence-corrected chi connectivity index (χ0v) is 17.6. The van der Waals surface area contributed by atoms with E-state index in [1.54, 1.807) is 36.6 Å². The second-order valence-corrected chi connectivity index (χ2v) is 8.00. The second kappa shape index (κ2) is 8.67. The summed E-state index contributed by atoms with van der Waals surface area (Å²) in [6.07, 6.45) is 1.56. The number of amides is 1. The molecule has 0 saturated heterocycles. The van der Waals surface area contributed by atoms with Gasteiger partial charge in [0.15, 0.2) is 5.16 Å². The molecule has 4 rings (SSSR count). The van der Waals surface area contributed by atoms with E-state index in [9.17, 15) is 9.59 Å². The number of furan rings is 1. The summed E-state index contributed by atoms with van der Waals surface area (Å²) in [6, 6.07) is 18.1. The summed E-state index contributed by atoms with van der Waals surface area (Å²) in [5, 5.41) is 3.85. The molecule has 2 aromatic heterocycles. The van der Waals surface area contributed by atoms with Crippen molar-refractivity contribution in [1.29, 1.82) is 0 Å². The van der Waals surface area contributed by atoms with E-state index in [0.717, 1.165) is 4.47 Å². The average Bonchev–Trinajstić information content (AvgIpc) is 3.24. The third-order valence-electron chi connectivity index (χ3n) is 4.20. The first-order valence-corrected chi connectivity index (χ1v) is 10.6. The molecule has 0 saturated carbocycles. The van der Waals surface area contributed by atoms with Crippen LogP contribution in [0.3, 0.4) is 0 Å². The van der Waals surface area contributed by atoms with Gasteiger partial charge in [-0.3, -0.25) is 14.2 Å². The number of aromatic nitrogens is 2. The van der Waals surface area contributed by atoms with Gasteiger partial charge in [-0.05, 0) is 52.3 Å². The lowest BCUT2D eigenvalue weighted by atomic mass is 10.2. The average molecular weight is 470 g/mol. The van der Waals surface area contributed by atoms with Gasteiger partial charge in [-0.1, -0.05) is 36.0 Å². The number of rotatable bonds is 6. The first-order chi connectivity index (χ1) is 14.1. The number of halogens is 1. The molecule has 0 radical (unpaired) electrons. The number of benzene rings is 2. The van der Waals surface area contributed by atoms with E-state index in [1.807, 2.05) is 30.3 Å². The molecular weight excluding hydrogens is 454 g/mol. The van der Waals surface area contributed by atoms with Crippen molar-refractivity contribution in [2.24, 2.45) is 0 Å². The van der Waals surface area contributed by atoms with Crippen LogP contribution >= 0.6 is 27.7 Å². The topological polar surface area (TPSA) is 77.1 Å². The number of hydrogen-bond acceptors (Lipinski definition) is 5. The quantitative estimate of drug-likeness (QED) is 0.331. The van der Waals surface area contributed by atoms with Gasteiger partial charge in [0.2, 0.25) is 5.91 Å². The molecule has 1 amide bonds. The normalized spacial score (nSPS) is 10.9. The van der Waals surface area contributed by atoms with Gasteiger partial charge in [-0.25, -0.2) is 4.98 Å². The summed E-state index contributed by atoms with van der Waals surface area (Å²) in [4.78, 5) is 30.1. The molecule has 29 heavy (non-hydrogen) atoms. The number of carbonyl (C=O) groups excluding carboxylic acids is 1. The maximum atomic E-state index is 13.0. The zero-order valence-electron chi connectivity index (χ0n) is 15.2. The first kappa shape index (κ1) is 19.5. The Hall–Kier alpha value is -2.84. The Balaban J connectivity index is 1.61. The Morgan fingerprint density at radius 1 is 1.10 bits per heavy atom. The number of carbonyl (C=O) groups is 1. The Bertz CT molecular complexity index is 1220. The molecular formula is C21H16BrN3O3S. The number of nitrogens with one attached hydrogen (secondary N) is 1. The highest BCUT2D eigenvalue weighted by molar-refractivity contribution is 9.10. The predicted molar refractivity (Wildman–Crippen MR) is 117 cm³/mol. The van der Waals surface area contributed by atoms with Crippen LogP contribution in [0, 0.1) is 0 Å². The van der Waals surface area contributed by atoms with Crippen LogP contribution in [-0.4, -0.2) is 21.2 Å². The molecule has 0 aliphatic heterocycles. The molecule has 0 spiro atoms. The molecule has 146 valence electrons. The van der Waals surface area contributed by atoms with Crippen LogP contribution in [-0.2, 0) is 11.3 Å². The summed E-state index contributed by atoms with van der Waals surface area (Å²) in [5.41, 5.74) is 1.13. The Morgan fingerprint density at radius 2 is 1.90 bits per heavy atom. The predicted octanol–water partition coefficient (Wildman–Crippen LogP) is 4.53. The van der Waals surface area contributed by atoms with E-state index in [2.05, 4.69) is 26.2 Å². The first-order valence-electron chi connectivity index (χ1n) is 8.81. The molecule has 6 nitrogen and oxygen atoms in total. The second-order valence-electron chi connectivity index (χ2n) is 6.20. The van der Waals surface area contributed by atoms with Crippen LogP contribution in [0.4, 0.5) is 5.69 Å². The summed E-state index contributed by atoms with van der Waals surface area (Å²) in [6.45, 7) is 0.248. The summed E-state index contributed by atoms with van der Waals surface area (Å²) in [5.74, 6) is 0.571. The highest BCUT2D eigenvalue weighted by Crippen LogP contribution is 2.23. The van der Waals surface area contributed by atoms with Crippen molar-refractivity contribution in [1.82, 2.24) is 9.55 Å². The van der Waals surface area contributed by atoms with Gasteiger partial charge in [0.05, 0.1) is 35.2 Å². The van der Waals surface area contributed by atoms with E-state index in [4.69, 9.17) is 4.42 Å². The number of thioether (sulfide) groups is 1. The summed E-state index contributed by atoms with van der Waals surface area (Å²) < 4.78 is 7.74. The van der Waals surface area contributed by atoms with Gasteiger partial charge in [-0.2, -0.15) is 0 Å². The van der Waals surface area contributed by atoms with Crippen LogP contribution in [0.25, 0.3) is 10.9 Å². The van der Waals surface area contributed by atoms with Gasteiger partial charge < -0.3 is 9.73 Å². The Kier molecular flexibility index (Phi) is 5.82. The molecule has 0 aliphatic rings. The van der Waals surface area contributed by atoms with E-state index < -0.39 is 0 Å². The fourth-order valence-electron chi connectivity index (χ4n) is 2.83. The van der Waals surface area contributed by atoms with Crippen molar-refractivity contribution < 1.29 is 9.21 Å². The largest absolute Gasteiger partial charge is 0.467 e. The van der Waals surface area contributed by atoms with Crippen molar-refractivity contribution >= 4 is 50.2 Å². The van der Waals surface area contributed by atoms with Gasteiger partial charge in [0.25, 0.3) is 5.56 Å². The molecule has 2 aromatic carbocycles. The number of nitrogens with zero attached hydrogens (tertiary/aromatic N) is 2. The number of anilines is 1. The van der Waals surface area contributed by atoms with Crippen molar-refractivity contribution in [2.45, 2.75) is 11.7 Å². The van der Waals surface area contributed by atoms with E-state index in [0.29, 0.717) is 27.5 Å². The lowest BCUT2D eigenvalue weighted by Gasteiger charge is -2.12. The van der Waals surface area contributed by atoms with Crippen LogP contribution < -0.4 is 10.9 Å². The molecule has 4 aromatic rings. The van der Waals surface area contributed by atoms with E-state index >= 15 is 0 Å². The molecule has 2 heterocycles. The smallest absolute Gasteiger partial charge is 0.262 e. The summed E-state index contributed by atoms with van der Waals surface area (Å²) in [7, 11) is 0. The molecule has 8 heteroatoms. The van der Waals surface area contributed by atoms with Crippen molar-refractivity contribution in [2.75, 3.05) is 11.1 Å². The minimum atomic E-state index is -0.186. The van der Waals surface area contributed by atoms with Gasteiger partial charge in [0.1, 0.15) is 5.76 Å². The highest BCUT2D eigenvalue weighted by Gasteiger charge is 2.15. The van der Waals surface area contributed by atoms with Crippen LogP contribution in [0.1, 0.15) is 5.76 Å². The minimum Gasteiger partial charge on any atom is -0.467 e. The number of para-hydroxylation sites is 2. The monoisotopic (exact) mass is 469 g/mol. The lowest BCUT2D eigenvalue weighted by Crippen LogP contribution is -2.24. The SMILES string of the molecule is O=C(CSc1nc2ccccc2c(=O)n1Cc1ccco1)Nc1ccccc1Br. The van der Waals surface area contributed by atoms with Gasteiger partial charge >= 0.3 is 0 Å². The molecule has 0 aliphatic carbocycles. The fourth-order valence-corrected chi connectivity index (χ4v) is 4.02. The zero-order chi connectivity index (χ0) is 20.2. The molecule has 0 fully saturated rings. The Labute approximate surface area is 179 Å². The van der Waals surface area contributed by atoms with Crippen molar-refractivity contribution in [3.8, 4) is 0 Å². The van der Waals surface area contributed by atoms with Crippen LogP contribution in [0.5, 0.6) is 0 Å². The number of hydrogen-bond donors (Lipinski definition) is 1. The van der Waals surface area contributed by atoms with E-state index in [-0.39, 0.29) is 23.8 Å². The van der Waals surface area contributed by atoms with Crippen LogP contribution in [0.2, 0.25) is 0 Å². The molecule has 0 unspecified atom stereocenters. The third-order valence-corrected chi connectivity index (χ3v) is 5.87. The maximum Gasteiger partial charge on any atom is 0.262 e. The lowest BCUT2D eigenvalue weighted by molar-refractivity contribution is -0.113. The molecule has 0 bridgehead atoms. The number of fused-ring (bicyclic) bond motifs is 1.